The van der Waals surface area contributed by atoms with E-state index in [1.54, 1.807) is 0 Å². The van der Waals surface area contributed by atoms with Crippen molar-refractivity contribution in [2.75, 3.05) is 19.6 Å². The van der Waals surface area contributed by atoms with Crippen molar-refractivity contribution in [3.05, 3.63) is 45.8 Å². The number of nitrogens with one attached hydrogen (secondary N) is 4. The molecule has 0 bridgehead atoms. The number of amides is 3. The molecule has 1 saturated carbocycles. The number of rotatable bonds is 6. The van der Waals surface area contributed by atoms with Crippen molar-refractivity contribution in [1.82, 2.24) is 26.4 Å². The van der Waals surface area contributed by atoms with Gasteiger partial charge in [-0.3, -0.25) is 10.2 Å². The Hall–Kier alpha value is -2.70. The van der Waals surface area contributed by atoms with Crippen LogP contribution in [0.4, 0.5) is 4.79 Å². The van der Waals surface area contributed by atoms with Crippen molar-refractivity contribution in [1.29, 1.82) is 0 Å². The second kappa shape index (κ2) is 8.35. The van der Waals surface area contributed by atoms with Crippen LogP contribution in [0.5, 0.6) is 0 Å². The molecule has 0 aromatic heterocycles. The highest BCUT2D eigenvalue weighted by molar-refractivity contribution is 6.01. The molecule has 0 aromatic carbocycles. The zero-order chi connectivity index (χ0) is 20.4. The van der Waals surface area contributed by atoms with Gasteiger partial charge in [0.1, 0.15) is 0 Å². The maximum Gasteiger partial charge on any atom is 0.314 e. The first-order valence-corrected chi connectivity index (χ1v) is 10.8. The third kappa shape index (κ3) is 3.78. The highest BCUT2D eigenvalue weighted by atomic mass is 16.2. The fourth-order valence-electron chi connectivity index (χ4n) is 4.55. The lowest BCUT2D eigenvalue weighted by Crippen LogP contribution is -2.48. The third-order valence-electron chi connectivity index (χ3n) is 6.06. The molecule has 4 N–H and O–H groups in total. The van der Waals surface area contributed by atoms with Gasteiger partial charge < -0.3 is 21.0 Å². The zero-order valence-corrected chi connectivity index (χ0v) is 17.4. The van der Waals surface area contributed by atoms with Gasteiger partial charge in [0.15, 0.2) is 0 Å². The molecule has 0 saturated heterocycles. The molecular formula is C22H31N5O2. The monoisotopic (exact) mass is 397 g/mol. The number of hydrogen-bond acceptors (Lipinski definition) is 4. The Bertz CT molecular complexity index is 836. The molecular weight excluding hydrogens is 366 g/mol. The molecule has 1 fully saturated rings. The van der Waals surface area contributed by atoms with Crippen molar-refractivity contribution < 1.29 is 9.59 Å². The molecule has 7 heteroatoms. The van der Waals surface area contributed by atoms with Crippen molar-refractivity contribution in [2.24, 2.45) is 0 Å². The zero-order valence-electron chi connectivity index (χ0n) is 17.4. The van der Waals surface area contributed by atoms with Gasteiger partial charge in [0.2, 0.25) is 0 Å². The Morgan fingerprint density at radius 2 is 1.93 bits per heavy atom. The lowest BCUT2D eigenvalue weighted by molar-refractivity contribution is -0.128. The van der Waals surface area contributed by atoms with Crippen molar-refractivity contribution >= 4 is 11.9 Å². The lowest BCUT2D eigenvalue weighted by atomic mass is 9.79. The van der Waals surface area contributed by atoms with Crippen molar-refractivity contribution in [3.63, 3.8) is 0 Å². The molecule has 29 heavy (non-hydrogen) atoms. The van der Waals surface area contributed by atoms with Gasteiger partial charge >= 0.3 is 6.03 Å². The molecule has 4 aliphatic rings. The van der Waals surface area contributed by atoms with Gasteiger partial charge in [-0.15, -0.1) is 0 Å². The predicted molar refractivity (Wildman–Crippen MR) is 112 cm³/mol. The Kier molecular flexibility index (Phi) is 5.65. The van der Waals surface area contributed by atoms with E-state index in [-0.39, 0.29) is 18.0 Å². The molecule has 1 unspecified atom stereocenters. The highest BCUT2D eigenvalue weighted by Crippen LogP contribution is 2.41. The normalized spacial score (nSPS) is 22.8. The summed E-state index contributed by atoms with van der Waals surface area (Å²) < 4.78 is 0. The van der Waals surface area contributed by atoms with Crippen molar-refractivity contribution in [3.8, 4) is 0 Å². The maximum absolute atomic E-state index is 13.3. The van der Waals surface area contributed by atoms with E-state index < -0.39 is 0 Å². The van der Waals surface area contributed by atoms with E-state index in [9.17, 15) is 9.59 Å². The summed E-state index contributed by atoms with van der Waals surface area (Å²) in [5.41, 5.74) is 12.9. The molecule has 2 aliphatic carbocycles. The van der Waals surface area contributed by atoms with Gasteiger partial charge in [-0.1, -0.05) is 19.1 Å². The van der Waals surface area contributed by atoms with Gasteiger partial charge in [-0.05, 0) is 56.6 Å². The quantitative estimate of drug-likeness (QED) is 0.519. The van der Waals surface area contributed by atoms with Crippen LogP contribution in [0, 0.1) is 0 Å². The van der Waals surface area contributed by atoms with Crippen LogP contribution in [0.3, 0.4) is 0 Å². The molecule has 0 aromatic rings. The largest absolute Gasteiger partial charge is 0.338 e. The SMILES string of the molecule is CCCNC(=O)NCCCN1C(=O)C2=C(C)NNC2=C2C=C3CCCCC3=CC21. The summed E-state index contributed by atoms with van der Waals surface area (Å²) in [5.74, 6) is 0.0590. The van der Waals surface area contributed by atoms with Crippen LogP contribution in [0.1, 0.15) is 52.4 Å². The van der Waals surface area contributed by atoms with Crippen molar-refractivity contribution in [2.45, 2.75) is 58.4 Å². The number of carbonyl (C=O) groups is 2. The number of nitrogens with zero attached hydrogens (tertiary/aromatic N) is 1. The summed E-state index contributed by atoms with van der Waals surface area (Å²) in [6.07, 6.45) is 10.9. The maximum atomic E-state index is 13.3. The number of hydrogen-bond donors (Lipinski definition) is 4. The summed E-state index contributed by atoms with van der Waals surface area (Å²) in [6.45, 7) is 5.78. The third-order valence-corrected chi connectivity index (χ3v) is 6.06. The van der Waals surface area contributed by atoms with Gasteiger partial charge in [0.05, 0.1) is 17.3 Å². The molecule has 156 valence electrons. The van der Waals surface area contributed by atoms with Gasteiger partial charge in [0, 0.05) is 30.9 Å². The fraction of sp³-hybridized carbons (Fsp3) is 0.545. The molecule has 0 radical (unpaired) electrons. The summed E-state index contributed by atoms with van der Waals surface area (Å²) >= 11 is 0. The van der Waals surface area contributed by atoms with E-state index in [0.717, 1.165) is 42.7 Å². The van der Waals surface area contributed by atoms with Crippen LogP contribution in [0.2, 0.25) is 0 Å². The smallest absolute Gasteiger partial charge is 0.314 e. The van der Waals surface area contributed by atoms with Gasteiger partial charge in [-0.25, -0.2) is 4.79 Å². The second-order valence-corrected chi connectivity index (χ2v) is 8.13. The average Bonchev–Trinajstić information content (AvgIpc) is 3.12. The van der Waals surface area contributed by atoms with E-state index in [1.807, 2.05) is 18.7 Å². The minimum atomic E-state index is -0.142. The number of urea groups is 1. The molecule has 2 heterocycles. The second-order valence-electron chi connectivity index (χ2n) is 8.13. The van der Waals surface area contributed by atoms with Crippen LogP contribution in [-0.4, -0.2) is 42.5 Å². The minimum absolute atomic E-state index is 0.0350. The number of allylic oxidation sites excluding steroid dienone is 3. The molecule has 2 aliphatic heterocycles. The number of hydrazine groups is 1. The Balaban J connectivity index is 1.51. The average molecular weight is 398 g/mol. The van der Waals surface area contributed by atoms with Crippen LogP contribution >= 0.6 is 0 Å². The minimum Gasteiger partial charge on any atom is -0.338 e. The van der Waals surface area contributed by atoms with E-state index in [4.69, 9.17) is 0 Å². The summed E-state index contributed by atoms with van der Waals surface area (Å²) in [5, 5.41) is 5.69. The molecule has 1 atom stereocenters. The van der Waals surface area contributed by atoms with Crippen LogP contribution < -0.4 is 21.5 Å². The predicted octanol–water partition coefficient (Wildman–Crippen LogP) is 2.37. The molecule has 4 rings (SSSR count). The van der Waals surface area contributed by atoms with E-state index in [2.05, 4.69) is 33.6 Å². The molecule has 3 amide bonds. The first kappa shape index (κ1) is 19.6. The van der Waals surface area contributed by atoms with Gasteiger partial charge in [0.25, 0.3) is 5.91 Å². The van der Waals surface area contributed by atoms with Gasteiger partial charge in [-0.2, -0.15) is 0 Å². The van der Waals surface area contributed by atoms with E-state index >= 15 is 0 Å². The summed E-state index contributed by atoms with van der Waals surface area (Å²) in [7, 11) is 0. The number of carbonyl (C=O) groups excluding carboxylic acids is 2. The molecule has 7 nitrogen and oxygen atoms in total. The first-order valence-electron chi connectivity index (χ1n) is 10.8. The van der Waals surface area contributed by atoms with Crippen LogP contribution in [0.25, 0.3) is 0 Å². The van der Waals surface area contributed by atoms with Crippen LogP contribution in [-0.2, 0) is 4.79 Å². The summed E-state index contributed by atoms with van der Waals surface area (Å²) in [4.78, 5) is 27.0. The van der Waals surface area contributed by atoms with E-state index in [1.165, 1.54) is 29.6 Å². The van der Waals surface area contributed by atoms with E-state index in [0.29, 0.717) is 19.6 Å². The summed E-state index contributed by atoms with van der Waals surface area (Å²) in [6, 6.07) is -0.177. The lowest BCUT2D eigenvalue weighted by Gasteiger charge is -2.39. The Morgan fingerprint density at radius 3 is 2.72 bits per heavy atom. The number of fused-ring (bicyclic) bond motifs is 3. The highest BCUT2D eigenvalue weighted by Gasteiger charge is 2.41. The topological polar surface area (TPSA) is 85.5 Å². The Morgan fingerprint density at radius 1 is 1.17 bits per heavy atom. The standard InChI is InChI=1S/C22H31N5O2/c1-3-9-23-22(29)24-10-6-11-27-18-13-16-8-5-4-7-15(16)12-17(18)20-19(21(27)28)14(2)25-26-20/h12-13,18,25-26H,3-11H2,1-2H3,(H2,23,24,29). The first-order chi connectivity index (χ1) is 14.1. The van der Waals surface area contributed by atoms with Crippen LogP contribution in [0.15, 0.2) is 45.8 Å². The fourth-order valence-corrected chi connectivity index (χ4v) is 4.55. The molecule has 0 spiro atoms. The Labute approximate surface area is 172 Å².